The van der Waals surface area contributed by atoms with Gasteiger partial charge in [0.15, 0.2) is 0 Å². The molecular weight excluding hydrogens is 376 g/mol. The second kappa shape index (κ2) is 9.34. The number of nitrogens with one attached hydrogen (secondary N) is 2. The SMILES string of the molecule is Cc1cnn(CCCNC(=O)CCNS(=O)(=O)c2ccc(C(C)(C)C)cc2)c1. The summed E-state index contributed by atoms with van der Waals surface area (Å²) in [5, 5.41) is 6.98. The molecule has 2 rings (SSSR count). The van der Waals surface area contributed by atoms with Gasteiger partial charge in [0.1, 0.15) is 0 Å². The van der Waals surface area contributed by atoms with Crippen LogP contribution in [0.4, 0.5) is 0 Å². The highest BCUT2D eigenvalue weighted by atomic mass is 32.2. The highest BCUT2D eigenvalue weighted by Crippen LogP contribution is 2.23. The lowest BCUT2D eigenvalue weighted by Gasteiger charge is -2.19. The van der Waals surface area contributed by atoms with Crippen LogP contribution >= 0.6 is 0 Å². The molecule has 1 aromatic heterocycles. The zero-order valence-corrected chi connectivity index (χ0v) is 17.8. The summed E-state index contributed by atoms with van der Waals surface area (Å²) >= 11 is 0. The Morgan fingerprint density at radius 2 is 1.82 bits per heavy atom. The molecule has 0 bridgehead atoms. The summed E-state index contributed by atoms with van der Waals surface area (Å²) in [5.41, 5.74) is 2.13. The van der Waals surface area contributed by atoms with Crippen molar-refractivity contribution < 1.29 is 13.2 Å². The van der Waals surface area contributed by atoms with Gasteiger partial charge in [-0.05, 0) is 42.0 Å². The molecule has 0 aliphatic rings. The van der Waals surface area contributed by atoms with Crippen LogP contribution in [0.1, 0.15) is 44.7 Å². The molecule has 7 nitrogen and oxygen atoms in total. The minimum atomic E-state index is -3.62. The molecule has 0 atom stereocenters. The lowest BCUT2D eigenvalue weighted by atomic mass is 9.87. The van der Waals surface area contributed by atoms with Crippen molar-refractivity contribution in [1.82, 2.24) is 19.8 Å². The molecule has 154 valence electrons. The maximum Gasteiger partial charge on any atom is 0.240 e. The number of hydrogen-bond acceptors (Lipinski definition) is 4. The maximum atomic E-state index is 12.3. The molecule has 8 heteroatoms. The fourth-order valence-electron chi connectivity index (χ4n) is 2.66. The van der Waals surface area contributed by atoms with Gasteiger partial charge < -0.3 is 5.32 Å². The van der Waals surface area contributed by atoms with E-state index < -0.39 is 10.0 Å². The largest absolute Gasteiger partial charge is 0.356 e. The third-order valence-electron chi connectivity index (χ3n) is 4.32. The quantitative estimate of drug-likeness (QED) is 0.625. The Morgan fingerprint density at radius 3 is 2.39 bits per heavy atom. The van der Waals surface area contributed by atoms with Crippen LogP contribution in [0, 0.1) is 6.92 Å². The summed E-state index contributed by atoms with van der Waals surface area (Å²) in [4.78, 5) is 12.1. The zero-order valence-electron chi connectivity index (χ0n) is 17.0. The Labute approximate surface area is 167 Å². The smallest absolute Gasteiger partial charge is 0.240 e. The van der Waals surface area contributed by atoms with Gasteiger partial charge in [-0.15, -0.1) is 0 Å². The Morgan fingerprint density at radius 1 is 1.14 bits per heavy atom. The Balaban J connectivity index is 1.71. The lowest BCUT2D eigenvalue weighted by molar-refractivity contribution is -0.120. The van der Waals surface area contributed by atoms with Gasteiger partial charge >= 0.3 is 0 Å². The molecule has 1 amide bonds. The summed E-state index contributed by atoms with van der Waals surface area (Å²) in [7, 11) is -3.62. The van der Waals surface area contributed by atoms with E-state index in [-0.39, 0.29) is 29.2 Å². The highest BCUT2D eigenvalue weighted by molar-refractivity contribution is 7.89. The first-order valence-corrected chi connectivity index (χ1v) is 10.9. The van der Waals surface area contributed by atoms with E-state index in [9.17, 15) is 13.2 Å². The van der Waals surface area contributed by atoms with Crippen molar-refractivity contribution in [3.63, 3.8) is 0 Å². The van der Waals surface area contributed by atoms with Crippen molar-refractivity contribution >= 4 is 15.9 Å². The number of benzene rings is 1. The number of aryl methyl sites for hydroxylation is 2. The Hall–Kier alpha value is -2.19. The first-order chi connectivity index (χ1) is 13.1. The van der Waals surface area contributed by atoms with Crippen molar-refractivity contribution in [2.75, 3.05) is 13.1 Å². The molecule has 2 N–H and O–H groups in total. The second-order valence-electron chi connectivity index (χ2n) is 7.91. The fraction of sp³-hybridized carbons (Fsp3) is 0.500. The Bertz CT molecular complexity index is 881. The number of carbonyl (C=O) groups is 1. The molecule has 1 heterocycles. The molecule has 2 aromatic rings. The summed E-state index contributed by atoms with van der Waals surface area (Å²) in [6.45, 7) is 9.51. The van der Waals surface area contributed by atoms with Gasteiger partial charge in [-0.3, -0.25) is 9.48 Å². The topological polar surface area (TPSA) is 93.1 Å². The number of aromatic nitrogens is 2. The normalized spacial score (nSPS) is 12.1. The van der Waals surface area contributed by atoms with E-state index in [2.05, 4.69) is 35.9 Å². The standard InChI is InChI=1S/C20H30N4O3S/c1-16-14-22-24(15-16)13-5-11-21-19(25)10-12-23-28(26,27)18-8-6-17(7-9-18)20(2,3)4/h6-9,14-15,23H,5,10-13H2,1-4H3,(H,21,25). The van der Waals surface area contributed by atoms with Gasteiger partial charge in [0.2, 0.25) is 15.9 Å². The van der Waals surface area contributed by atoms with Crippen LogP contribution in [0.15, 0.2) is 41.6 Å². The predicted octanol–water partition coefficient (Wildman–Crippen LogP) is 2.36. The van der Waals surface area contributed by atoms with Crippen LogP contribution in [-0.4, -0.2) is 37.2 Å². The number of amides is 1. The average Bonchev–Trinajstić information content (AvgIpc) is 3.03. The molecule has 0 unspecified atom stereocenters. The van der Waals surface area contributed by atoms with Gasteiger partial charge in [-0.2, -0.15) is 5.10 Å². The van der Waals surface area contributed by atoms with Gasteiger partial charge in [0, 0.05) is 32.3 Å². The molecule has 0 aliphatic heterocycles. The molecule has 0 saturated carbocycles. The number of rotatable bonds is 9. The fourth-order valence-corrected chi connectivity index (χ4v) is 3.69. The number of nitrogens with zero attached hydrogens (tertiary/aromatic N) is 2. The van der Waals surface area contributed by atoms with Crippen LogP contribution in [0.2, 0.25) is 0 Å². The van der Waals surface area contributed by atoms with Crippen LogP contribution in [-0.2, 0) is 26.8 Å². The zero-order chi connectivity index (χ0) is 20.8. The molecule has 28 heavy (non-hydrogen) atoms. The van der Waals surface area contributed by atoms with Crippen molar-refractivity contribution in [3.05, 3.63) is 47.8 Å². The Kier molecular flexibility index (Phi) is 7.37. The predicted molar refractivity (Wildman–Crippen MR) is 110 cm³/mol. The van der Waals surface area contributed by atoms with Gasteiger partial charge in [0.25, 0.3) is 0 Å². The first-order valence-electron chi connectivity index (χ1n) is 9.44. The van der Waals surface area contributed by atoms with Crippen molar-refractivity contribution in [2.24, 2.45) is 0 Å². The van der Waals surface area contributed by atoms with E-state index in [4.69, 9.17) is 0 Å². The van der Waals surface area contributed by atoms with Crippen molar-refractivity contribution in [2.45, 2.75) is 57.4 Å². The van der Waals surface area contributed by atoms with Crippen molar-refractivity contribution in [1.29, 1.82) is 0 Å². The monoisotopic (exact) mass is 406 g/mol. The number of carbonyl (C=O) groups excluding carboxylic acids is 1. The van der Waals surface area contributed by atoms with Crippen molar-refractivity contribution in [3.8, 4) is 0 Å². The van der Waals surface area contributed by atoms with E-state index in [0.717, 1.165) is 24.1 Å². The summed E-state index contributed by atoms with van der Waals surface area (Å²) < 4.78 is 29.0. The number of hydrogen-bond donors (Lipinski definition) is 2. The summed E-state index contributed by atoms with van der Waals surface area (Å²) in [6.07, 6.45) is 4.60. The molecule has 0 saturated heterocycles. The van der Waals surface area contributed by atoms with Crippen LogP contribution in [0.5, 0.6) is 0 Å². The third-order valence-corrected chi connectivity index (χ3v) is 5.80. The van der Waals surface area contributed by atoms with E-state index in [1.165, 1.54) is 0 Å². The summed E-state index contributed by atoms with van der Waals surface area (Å²) in [5.74, 6) is -0.178. The number of sulfonamides is 1. The maximum absolute atomic E-state index is 12.3. The van der Waals surface area contributed by atoms with E-state index in [1.54, 1.807) is 18.3 Å². The molecule has 0 fully saturated rings. The molecule has 0 aliphatic carbocycles. The second-order valence-corrected chi connectivity index (χ2v) is 9.67. The highest BCUT2D eigenvalue weighted by Gasteiger charge is 2.17. The van der Waals surface area contributed by atoms with Gasteiger partial charge in [-0.1, -0.05) is 32.9 Å². The first kappa shape index (κ1) is 22.1. The summed E-state index contributed by atoms with van der Waals surface area (Å²) in [6, 6.07) is 6.84. The molecule has 0 radical (unpaired) electrons. The van der Waals surface area contributed by atoms with E-state index in [1.807, 2.05) is 29.9 Å². The average molecular weight is 407 g/mol. The lowest BCUT2D eigenvalue weighted by Crippen LogP contribution is -2.31. The van der Waals surface area contributed by atoms with Gasteiger partial charge in [0.05, 0.1) is 11.1 Å². The van der Waals surface area contributed by atoms with Crippen LogP contribution in [0.25, 0.3) is 0 Å². The van der Waals surface area contributed by atoms with E-state index >= 15 is 0 Å². The molecule has 1 aromatic carbocycles. The molecule has 0 spiro atoms. The minimum absolute atomic E-state index is 0.0376. The van der Waals surface area contributed by atoms with Gasteiger partial charge in [-0.25, -0.2) is 13.1 Å². The molecular formula is C20H30N4O3S. The third kappa shape index (κ3) is 6.76. The van der Waals surface area contributed by atoms with Crippen LogP contribution in [0.3, 0.4) is 0 Å². The minimum Gasteiger partial charge on any atom is -0.356 e. The van der Waals surface area contributed by atoms with E-state index in [0.29, 0.717) is 6.54 Å². The van der Waals surface area contributed by atoms with Crippen LogP contribution < -0.4 is 10.0 Å².